The Morgan fingerprint density at radius 2 is 2.11 bits per heavy atom. The van der Waals surface area contributed by atoms with Crippen LogP contribution in [0, 0.1) is 6.92 Å². The van der Waals surface area contributed by atoms with Gasteiger partial charge in [-0.25, -0.2) is 9.59 Å². The van der Waals surface area contributed by atoms with Crippen molar-refractivity contribution in [2.75, 3.05) is 0 Å². The molecule has 0 aliphatic carbocycles. The number of carboxylic acid groups (broad SMARTS) is 1. The lowest BCUT2D eigenvalue weighted by Crippen LogP contribution is -2.45. The number of aryl methyl sites for hydroxylation is 1. The van der Waals surface area contributed by atoms with E-state index in [0.29, 0.717) is 12.1 Å². The predicted octanol–water partition coefficient (Wildman–Crippen LogP) is 0.447. The average Bonchev–Trinajstić information content (AvgIpc) is 2.35. The second-order valence-electron chi connectivity index (χ2n) is 3.78. The van der Waals surface area contributed by atoms with Gasteiger partial charge in [0.1, 0.15) is 6.04 Å². The fourth-order valence-corrected chi connectivity index (χ4v) is 1.23. The highest BCUT2D eigenvalue weighted by atomic mass is 16.4. The zero-order valence-corrected chi connectivity index (χ0v) is 10.3. The Balaban J connectivity index is 2.41. The number of urea groups is 1. The number of aliphatic carboxylic acids is 1. The maximum atomic E-state index is 11.4. The third kappa shape index (κ3) is 4.36. The maximum Gasteiger partial charge on any atom is 0.326 e. The summed E-state index contributed by atoms with van der Waals surface area (Å²) in [6, 6.07) is -1.42. The van der Waals surface area contributed by atoms with E-state index in [1.54, 1.807) is 19.3 Å². The summed E-state index contributed by atoms with van der Waals surface area (Å²) in [5.41, 5.74) is 1.40. The van der Waals surface area contributed by atoms with Crippen LogP contribution in [-0.2, 0) is 11.3 Å². The first-order chi connectivity index (χ1) is 8.52. The Morgan fingerprint density at radius 1 is 1.39 bits per heavy atom. The molecule has 2 amide bonds. The van der Waals surface area contributed by atoms with Crippen molar-refractivity contribution in [1.82, 2.24) is 20.6 Å². The number of nitrogens with zero attached hydrogens (tertiary/aromatic N) is 2. The second-order valence-corrected chi connectivity index (χ2v) is 3.78. The van der Waals surface area contributed by atoms with Crippen LogP contribution in [0.1, 0.15) is 24.7 Å². The standard InChI is InChI=1S/C11H16N4O3/c1-3-9(10(16)17)15-11(18)14-6-8-5-12-7(2)4-13-8/h4-5,9H,3,6H2,1-2H3,(H,16,17)(H2,14,15,18)/t9-/m0/s1. The molecule has 1 heterocycles. The third-order valence-corrected chi connectivity index (χ3v) is 2.28. The molecule has 1 rings (SSSR count). The number of nitrogens with one attached hydrogen (secondary N) is 2. The molecule has 0 radical (unpaired) electrons. The number of carbonyl (C=O) groups excluding carboxylic acids is 1. The smallest absolute Gasteiger partial charge is 0.326 e. The normalized spacial score (nSPS) is 11.7. The minimum Gasteiger partial charge on any atom is -0.480 e. The fourth-order valence-electron chi connectivity index (χ4n) is 1.23. The Kier molecular flexibility index (Phi) is 5.04. The van der Waals surface area contributed by atoms with E-state index in [0.717, 1.165) is 5.69 Å². The minimum atomic E-state index is -1.05. The quantitative estimate of drug-likeness (QED) is 0.705. The molecule has 0 unspecified atom stereocenters. The van der Waals surface area contributed by atoms with Crippen LogP contribution < -0.4 is 10.6 Å². The monoisotopic (exact) mass is 252 g/mol. The van der Waals surface area contributed by atoms with E-state index >= 15 is 0 Å². The van der Waals surface area contributed by atoms with E-state index in [1.165, 1.54) is 0 Å². The van der Waals surface area contributed by atoms with Crippen LogP contribution in [0.5, 0.6) is 0 Å². The molecule has 3 N–H and O–H groups in total. The summed E-state index contributed by atoms with van der Waals surface area (Å²) in [5, 5.41) is 13.6. The molecule has 0 aromatic carbocycles. The molecule has 0 fully saturated rings. The number of rotatable bonds is 5. The van der Waals surface area contributed by atoms with Gasteiger partial charge >= 0.3 is 12.0 Å². The van der Waals surface area contributed by atoms with Crippen molar-refractivity contribution in [3.05, 3.63) is 23.8 Å². The van der Waals surface area contributed by atoms with Gasteiger partial charge in [0.25, 0.3) is 0 Å². The molecule has 0 bridgehead atoms. The van der Waals surface area contributed by atoms with Crippen LogP contribution >= 0.6 is 0 Å². The molecule has 7 heteroatoms. The van der Waals surface area contributed by atoms with Gasteiger partial charge in [-0.15, -0.1) is 0 Å². The Hall–Kier alpha value is -2.18. The first kappa shape index (κ1) is 13.9. The molecule has 0 spiro atoms. The molecule has 0 aliphatic rings. The lowest BCUT2D eigenvalue weighted by atomic mass is 10.2. The Labute approximate surface area is 105 Å². The van der Waals surface area contributed by atoms with Crippen molar-refractivity contribution in [2.24, 2.45) is 0 Å². The van der Waals surface area contributed by atoms with Crippen LogP contribution in [0.4, 0.5) is 4.79 Å². The van der Waals surface area contributed by atoms with Gasteiger partial charge in [-0.1, -0.05) is 6.92 Å². The van der Waals surface area contributed by atoms with Crippen LogP contribution in [0.3, 0.4) is 0 Å². The number of carbonyl (C=O) groups is 2. The summed E-state index contributed by atoms with van der Waals surface area (Å²) in [7, 11) is 0. The van der Waals surface area contributed by atoms with Crippen molar-refractivity contribution in [3.63, 3.8) is 0 Å². The van der Waals surface area contributed by atoms with Crippen LogP contribution in [-0.4, -0.2) is 33.1 Å². The molecular weight excluding hydrogens is 236 g/mol. The largest absolute Gasteiger partial charge is 0.480 e. The molecule has 0 aliphatic heterocycles. The van der Waals surface area contributed by atoms with Gasteiger partial charge in [0, 0.05) is 6.20 Å². The zero-order valence-electron chi connectivity index (χ0n) is 10.3. The number of hydrogen-bond donors (Lipinski definition) is 3. The minimum absolute atomic E-state index is 0.204. The molecule has 1 aromatic heterocycles. The summed E-state index contributed by atoms with van der Waals surface area (Å²) in [5.74, 6) is -1.05. The van der Waals surface area contributed by atoms with Gasteiger partial charge in [0.2, 0.25) is 0 Å². The zero-order chi connectivity index (χ0) is 13.5. The SMILES string of the molecule is CC[C@H](NC(=O)NCc1cnc(C)cn1)C(=O)O. The summed E-state index contributed by atoms with van der Waals surface area (Å²) in [6.07, 6.45) is 3.48. The molecule has 98 valence electrons. The molecule has 1 aromatic rings. The second kappa shape index (κ2) is 6.53. The van der Waals surface area contributed by atoms with Gasteiger partial charge in [-0.2, -0.15) is 0 Å². The molecular formula is C11H16N4O3. The summed E-state index contributed by atoms with van der Waals surface area (Å²) in [6.45, 7) is 3.70. The van der Waals surface area contributed by atoms with Gasteiger partial charge in [-0.3, -0.25) is 9.97 Å². The van der Waals surface area contributed by atoms with E-state index < -0.39 is 18.0 Å². The molecule has 18 heavy (non-hydrogen) atoms. The third-order valence-electron chi connectivity index (χ3n) is 2.28. The molecule has 0 saturated carbocycles. The highest BCUT2D eigenvalue weighted by Crippen LogP contribution is 1.94. The number of amides is 2. The predicted molar refractivity (Wildman–Crippen MR) is 63.9 cm³/mol. The number of carboxylic acids is 1. The van der Waals surface area contributed by atoms with Gasteiger partial charge in [-0.05, 0) is 13.3 Å². The van der Waals surface area contributed by atoms with Crippen LogP contribution in [0.2, 0.25) is 0 Å². The molecule has 1 atom stereocenters. The average molecular weight is 252 g/mol. The van der Waals surface area contributed by atoms with E-state index in [2.05, 4.69) is 20.6 Å². The topological polar surface area (TPSA) is 104 Å². The molecule has 7 nitrogen and oxygen atoms in total. The van der Waals surface area contributed by atoms with Gasteiger partial charge in [0.15, 0.2) is 0 Å². The first-order valence-corrected chi connectivity index (χ1v) is 5.57. The maximum absolute atomic E-state index is 11.4. The van der Waals surface area contributed by atoms with E-state index in [-0.39, 0.29) is 6.54 Å². The Morgan fingerprint density at radius 3 is 2.61 bits per heavy atom. The van der Waals surface area contributed by atoms with Crippen molar-refractivity contribution < 1.29 is 14.7 Å². The van der Waals surface area contributed by atoms with Crippen molar-refractivity contribution in [1.29, 1.82) is 0 Å². The number of hydrogen-bond acceptors (Lipinski definition) is 4. The highest BCUT2D eigenvalue weighted by molar-refractivity contribution is 5.82. The summed E-state index contributed by atoms with van der Waals surface area (Å²) >= 11 is 0. The lowest BCUT2D eigenvalue weighted by molar-refractivity contribution is -0.139. The summed E-state index contributed by atoms with van der Waals surface area (Å²) < 4.78 is 0. The van der Waals surface area contributed by atoms with E-state index in [1.807, 2.05) is 6.92 Å². The van der Waals surface area contributed by atoms with Crippen molar-refractivity contribution >= 4 is 12.0 Å². The van der Waals surface area contributed by atoms with Gasteiger partial charge < -0.3 is 15.7 Å². The van der Waals surface area contributed by atoms with Crippen LogP contribution in [0.15, 0.2) is 12.4 Å². The molecule has 0 saturated heterocycles. The highest BCUT2D eigenvalue weighted by Gasteiger charge is 2.16. The van der Waals surface area contributed by atoms with E-state index in [4.69, 9.17) is 5.11 Å². The Bertz CT molecular complexity index is 419. The first-order valence-electron chi connectivity index (χ1n) is 5.57. The lowest BCUT2D eigenvalue weighted by Gasteiger charge is -2.12. The fraction of sp³-hybridized carbons (Fsp3) is 0.455. The van der Waals surface area contributed by atoms with Gasteiger partial charge in [0.05, 0.1) is 24.1 Å². The van der Waals surface area contributed by atoms with E-state index in [9.17, 15) is 9.59 Å². The van der Waals surface area contributed by atoms with Crippen molar-refractivity contribution in [2.45, 2.75) is 32.9 Å². The number of aromatic nitrogens is 2. The van der Waals surface area contributed by atoms with Crippen molar-refractivity contribution in [3.8, 4) is 0 Å². The summed E-state index contributed by atoms with van der Waals surface area (Å²) in [4.78, 5) is 30.2. The van der Waals surface area contributed by atoms with Crippen LogP contribution in [0.25, 0.3) is 0 Å².